The van der Waals surface area contributed by atoms with Crippen molar-refractivity contribution in [3.8, 4) is 0 Å². The zero-order chi connectivity index (χ0) is 36.7. The fraction of sp³-hybridized carbons (Fsp3) is 0.618. The Balaban J connectivity index is 1.25. The van der Waals surface area contributed by atoms with E-state index in [1.807, 2.05) is 6.08 Å². The summed E-state index contributed by atoms with van der Waals surface area (Å²) in [4.78, 5) is 70.6. The standard InChI is InChI=1S/C34H45FN6O9S/c1-33(2,3)50-31(45)37-26-16-36-13-6-4-5-9-21-15-34(21,30(44)39-51(47,48)23-11-12-23)38-28(42)27-14-22(18-41(27)29(26)43)49-32(46)40-17-20-8-7-10-25(35)24(20)19-40/h5,7-10,21-23,26-27,36H,4,6,11-19H2,1-3H3,(H,37,45)(H,38,42)(H,39,44)/b9-5-/t21-,22?,26-,27-,34+/m0/s1. The first-order chi connectivity index (χ1) is 24.1. The lowest BCUT2D eigenvalue weighted by molar-refractivity contribution is -0.141. The van der Waals surface area contributed by atoms with Crippen molar-refractivity contribution >= 4 is 39.9 Å². The first-order valence-electron chi connectivity index (χ1n) is 17.3. The van der Waals surface area contributed by atoms with Crippen LogP contribution in [0.5, 0.6) is 0 Å². The van der Waals surface area contributed by atoms with Crippen molar-refractivity contribution in [2.45, 2.75) is 107 Å². The van der Waals surface area contributed by atoms with Crippen molar-refractivity contribution < 1.29 is 46.3 Å². The number of hydrogen-bond acceptors (Lipinski definition) is 10. The normalized spacial score (nSPS) is 28.9. The van der Waals surface area contributed by atoms with Gasteiger partial charge in [0.15, 0.2) is 0 Å². The Morgan fingerprint density at radius 3 is 2.59 bits per heavy atom. The van der Waals surface area contributed by atoms with E-state index in [0.717, 1.165) is 0 Å². The molecule has 1 aromatic rings. The summed E-state index contributed by atoms with van der Waals surface area (Å²) in [5.41, 5.74) is -1.41. The van der Waals surface area contributed by atoms with Crippen LogP contribution in [0.3, 0.4) is 0 Å². The van der Waals surface area contributed by atoms with Crippen LogP contribution in [0.25, 0.3) is 0 Å². The van der Waals surface area contributed by atoms with Gasteiger partial charge in [-0.2, -0.15) is 0 Å². The zero-order valence-electron chi connectivity index (χ0n) is 28.9. The number of alkyl carbamates (subject to hydrolysis) is 1. The Hall–Kier alpha value is -4.25. The van der Waals surface area contributed by atoms with E-state index in [-0.39, 0.29) is 39.0 Å². The number of fused-ring (bicyclic) bond motifs is 3. The van der Waals surface area contributed by atoms with Gasteiger partial charge in [-0.3, -0.25) is 24.0 Å². The van der Waals surface area contributed by atoms with Crippen molar-refractivity contribution in [2.75, 3.05) is 19.6 Å². The number of halogens is 1. The maximum absolute atomic E-state index is 14.4. The third-order valence-electron chi connectivity index (χ3n) is 9.69. The lowest BCUT2D eigenvalue weighted by atomic mass is 10.1. The van der Waals surface area contributed by atoms with Crippen LogP contribution < -0.4 is 20.7 Å². The number of carbonyl (C=O) groups excluding carboxylic acids is 5. The van der Waals surface area contributed by atoms with Gasteiger partial charge in [-0.05, 0) is 71.0 Å². The fourth-order valence-corrected chi connectivity index (χ4v) is 8.13. The number of allylic oxidation sites excluding steroid dienone is 1. The highest BCUT2D eigenvalue weighted by Gasteiger charge is 2.62. The predicted octanol–water partition coefficient (Wildman–Crippen LogP) is 1.56. The minimum atomic E-state index is -3.93. The molecule has 51 heavy (non-hydrogen) atoms. The molecular weight excluding hydrogens is 687 g/mol. The molecule has 1 unspecified atom stereocenters. The van der Waals surface area contributed by atoms with Crippen LogP contribution >= 0.6 is 0 Å². The zero-order valence-corrected chi connectivity index (χ0v) is 29.7. The number of rotatable bonds is 5. The lowest BCUT2D eigenvalue weighted by Gasteiger charge is -2.30. The first-order valence-corrected chi connectivity index (χ1v) is 18.9. The number of nitrogens with zero attached hydrogens (tertiary/aromatic N) is 2. The molecule has 1 saturated heterocycles. The quantitative estimate of drug-likeness (QED) is 0.323. The van der Waals surface area contributed by atoms with Gasteiger partial charge in [-0.25, -0.2) is 22.4 Å². The van der Waals surface area contributed by atoms with Crippen LogP contribution in [0, 0.1) is 11.7 Å². The van der Waals surface area contributed by atoms with Crippen LogP contribution in [0.4, 0.5) is 14.0 Å². The van der Waals surface area contributed by atoms with Gasteiger partial charge in [0, 0.05) is 31.0 Å². The maximum atomic E-state index is 14.4. The Bertz CT molecular complexity index is 1730. The largest absolute Gasteiger partial charge is 0.444 e. The van der Waals surface area contributed by atoms with Gasteiger partial charge in [0.25, 0.3) is 5.91 Å². The van der Waals surface area contributed by atoms with E-state index < -0.39 is 86.2 Å². The second kappa shape index (κ2) is 14.1. The molecule has 6 rings (SSSR count). The summed E-state index contributed by atoms with van der Waals surface area (Å²) in [5, 5.41) is 7.88. The van der Waals surface area contributed by atoms with E-state index in [1.54, 1.807) is 39.0 Å². The minimum Gasteiger partial charge on any atom is -0.444 e. The number of hydrogen-bond donors (Lipinski definition) is 4. The van der Waals surface area contributed by atoms with Gasteiger partial charge in [0.05, 0.1) is 18.3 Å². The lowest BCUT2D eigenvalue weighted by Crippen LogP contribution is -2.59. The highest BCUT2D eigenvalue weighted by atomic mass is 32.2. The number of nitrogens with one attached hydrogen (secondary N) is 4. The van der Waals surface area contributed by atoms with Crippen molar-refractivity contribution in [1.82, 2.24) is 30.5 Å². The highest BCUT2D eigenvalue weighted by Crippen LogP contribution is 2.46. The molecule has 17 heteroatoms. The van der Waals surface area contributed by atoms with Gasteiger partial charge in [-0.15, -0.1) is 0 Å². The molecular formula is C34H45FN6O9S. The molecule has 5 aliphatic rings. The van der Waals surface area contributed by atoms with Gasteiger partial charge in [0.2, 0.25) is 21.8 Å². The molecule has 2 saturated carbocycles. The molecule has 5 atom stereocenters. The van der Waals surface area contributed by atoms with E-state index in [1.165, 1.54) is 15.9 Å². The molecule has 15 nitrogen and oxygen atoms in total. The summed E-state index contributed by atoms with van der Waals surface area (Å²) in [7, 11) is -3.93. The van der Waals surface area contributed by atoms with E-state index in [0.29, 0.717) is 43.4 Å². The SMILES string of the molecule is CC(C)(C)OC(=O)N[C@H]1CNCCC/C=C\[C@H]2C[C@@]2(C(=O)NS(=O)(=O)C2CC2)NC(=O)[C@@H]2CC(OC(=O)N3Cc4cccc(F)c4C3)CN2C1=O. The summed E-state index contributed by atoms with van der Waals surface area (Å²) < 4.78 is 53.2. The highest BCUT2D eigenvalue weighted by molar-refractivity contribution is 7.91. The monoisotopic (exact) mass is 732 g/mol. The Morgan fingerprint density at radius 1 is 1.12 bits per heavy atom. The minimum absolute atomic E-state index is 0.00266. The van der Waals surface area contributed by atoms with E-state index in [9.17, 15) is 36.8 Å². The van der Waals surface area contributed by atoms with Gasteiger partial charge < -0.3 is 30.3 Å². The molecule has 2 aliphatic carbocycles. The summed E-state index contributed by atoms with van der Waals surface area (Å²) in [5.74, 6) is -3.19. The van der Waals surface area contributed by atoms with Crippen LogP contribution in [0.15, 0.2) is 30.4 Å². The summed E-state index contributed by atoms with van der Waals surface area (Å²) in [6.07, 6.45) is 3.19. The summed E-state index contributed by atoms with van der Waals surface area (Å²) in [6, 6.07) is 2.14. The van der Waals surface area contributed by atoms with Crippen LogP contribution in [-0.2, 0) is 47.0 Å². The van der Waals surface area contributed by atoms with Crippen molar-refractivity contribution in [3.05, 3.63) is 47.3 Å². The number of amides is 5. The number of ether oxygens (including phenoxy) is 2. The third-order valence-corrected chi connectivity index (χ3v) is 11.5. The molecule has 5 amide bonds. The predicted molar refractivity (Wildman–Crippen MR) is 180 cm³/mol. The van der Waals surface area contributed by atoms with Crippen LogP contribution in [-0.4, -0.2) is 102 Å². The number of sulfonamides is 1. The first kappa shape index (κ1) is 36.5. The Kier molecular flexibility index (Phi) is 10.1. The van der Waals surface area contributed by atoms with Crippen molar-refractivity contribution in [1.29, 1.82) is 0 Å². The second-order valence-corrected chi connectivity index (χ2v) is 16.9. The van der Waals surface area contributed by atoms with E-state index in [2.05, 4.69) is 20.7 Å². The van der Waals surface area contributed by atoms with Crippen molar-refractivity contribution in [2.24, 2.45) is 5.92 Å². The van der Waals surface area contributed by atoms with E-state index >= 15 is 0 Å². The number of carbonyl (C=O) groups is 5. The van der Waals surface area contributed by atoms with Crippen LogP contribution in [0.1, 0.15) is 70.4 Å². The third kappa shape index (κ3) is 8.29. The van der Waals surface area contributed by atoms with Gasteiger partial charge in [-0.1, -0.05) is 24.3 Å². The molecule has 0 radical (unpaired) electrons. The van der Waals surface area contributed by atoms with Crippen LogP contribution in [0.2, 0.25) is 0 Å². The Morgan fingerprint density at radius 2 is 1.88 bits per heavy atom. The molecule has 4 N–H and O–H groups in total. The van der Waals surface area contributed by atoms with Gasteiger partial charge >= 0.3 is 12.2 Å². The topological polar surface area (TPSA) is 193 Å². The summed E-state index contributed by atoms with van der Waals surface area (Å²) in [6.45, 7) is 5.40. The van der Waals surface area contributed by atoms with Gasteiger partial charge in [0.1, 0.15) is 35.1 Å². The summed E-state index contributed by atoms with van der Waals surface area (Å²) >= 11 is 0. The number of benzene rings is 1. The average Bonchev–Trinajstić information content (AvgIpc) is 3.93. The molecule has 0 spiro atoms. The average molecular weight is 733 g/mol. The molecule has 3 fully saturated rings. The molecule has 3 heterocycles. The fourth-order valence-electron chi connectivity index (χ4n) is 6.77. The maximum Gasteiger partial charge on any atom is 0.410 e. The second-order valence-electron chi connectivity index (χ2n) is 14.9. The molecule has 3 aliphatic heterocycles. The Labute approximate surface area is 296 Å². The molecule has 1 aromatic carbocycles. The van der Waals surface area contributed by atoms with Crippen molar-refractivity contribution in [3.63, 3.8) is 0 Å². The molecule has 278 valence electrons. The smallest absolute Gasteiger partial charge is 0.410 e. The molecule has 0 aromatic heterocycles. The molecule has 0 bridgehead atoms. The van der Waals surface area contributed by atoms with E-state index in [4.69, 9.17) is 9.47 Å².